The third kappa shape index (κ3) is 55.2. The maximum atomic E-state index is 12.9. The van der Waals surface area contributed by atoms with Crippen molar-refractivity contribution >= 4 is 17.9 Å². The molecule has 0 rings (SSSR count). The van der Waals surface area contributed by atoms with Crippen LogP contribution in [0.15, 0.2) is 0 Å². The maximum Gasteiger partial charge on any atom is 0.306 e. The normalized spacial score (nSPS) is 12.0. The van der Waals surface area contributed by atoms with Gasteiger partial charge in [-0.1, -0.05) is 304 Å². The molecule has 0 amide bonds. The van der Waals surface area contributed by atoms with Crippen LogP contribution < -0.4 is 0 Å². The van der Waals surface area contributed by atoms with E-state index in [0.717, 1.165) is 69.6 Å². The van der Waals surface area contributed by atoms with Crippen LogP contribution in [0.2, 0.25) is 0 Å². The molecule has 67 heavy (non-hydrogen) atoms. The minimum atomic E-state index is -0.763. The lowest BCUT2D eigenvalue weighted by atomic mass is 10.0. The Morgan fingerprint density at radius 1 is 0.284 bits per heavy atom. The van der Waals surface area contributed by atoms with E-state index in [-0.39, 0.29) is 31.1 Å². The molecule has 6 nitrogen and oxygen atoms in total. The van der Waals surface area contributed by atoms with Crippen LogP contribution in [0.5, 0.6) is 0 Å². The second-order valence-electron chi connectivity index (χ2n) is 21.9. The molecule has 6 heteroatoms. The molecule has 0 unspecified atom stereocenters. The quantitative estimate of drug-likeness (QED) is 0.0343. The molecule has 0 saturated heterocycles. The predicted octanol–water partition coefficient (Wildman–Crippen LogP) is 20.0. The molecule has 0 aliphatic carbocycles. The maximum absolute atomic E-state index is 12.9. The average molecular weight is 948 g/mol. The first-order valence-corrected chi connectivity index (χ1v) is 30.2. The summed E-state index contributed by atoms with van der Waals surface area (Å²) in [6.07, 6.45) is 58.1. The highest BCUT2D eigenvalue weighted by Gasteiger charge is 2.19. The van der Waals surface area contributed by atoms with Gasteiger partial charge in [-0.25, -0.2) is 0 Å². The highest BCUT2D eigenvalue weighted by atomic mass is 16.6. The summed E-state index contributed by atoms with van der Waals surface area (Å²) in [7, 11) is 0. The largest absolute Gasteiger partial charge is 0.462 e. The third-order valence-corrected chi connectivity index (χ3v) is 14.0. The Balaban J connectivity index is 4.30. The van der Waals surface area contributed by atoms with Crippen LogP contribution in [0.1, 0.15) is 343 Å². The molecule has 0 aromatic carbocycles. The van der Waals surface area contributed by atoms with Gasteiger partial charge in [-0.15, -0.1) is 0 Å². The van der Waals surface area contributed by atoms with Crippen molar-refractivity contribution < 1.29 is 28.6 Å². The Labute approximate surface area is 418 Å². The first-order valence-electron chi connectivity index (χ1n) is 30.2. The van der Waals surface area contributed by atoms with Crippen LogP contribution in [0.4, 0.5) is 0 Å². The first-order chi connectivity index (χ1) is 32.7. The zero-order valence-electron chi connectivity index (χ0n) is 46.0. The van der Waals surface area contributed by atoms with Gasteiger partial charge in [0.2, 0.25) is 0 Å². The molecule has 0 heterocycles. The van der Waals surface area contributed by atoms with Gasteiger partial charge in [0.1, 0.15) is 13.2 Å². The molecule has 0 aliphatic rings. The van der Waals surface area contributed by atoms with E-state index in [1.54, 1.807) is 0 Å². The van der Waals surface area contributed by atoms with Crippen molar-refractivity contribution in [3.8, 4) is 0 Å². The molecule has 0 aromatic rings. The summed E-state index contributed by atoms with van der Waals surface area (Å²) in [6.45, 7) is 11.4. The number of unbranched alkanes of at least 4 members (excludes halogenated alkanes) is 40. The number of hydrogen-bond acceptors (Lipinski definition) is 6. The first kappa shape index (κ1) is 65.4. The van der Waals surface area contributed by atoms with Gasteiger partial charge in [0.25, 0.3) is 0 Å². The van der Waals surface area contributed by atoms with Crippen LogP contribution in [-0.2, 0) is 28.6 Å². The summed E-state index contributed by atoms with van der Waals surface area (Å²) in [5.74, 6) is 0.853. The van der Waals surface area contributed by atoms with Gasteiger partial charge in [0.05, 0.1) is 0 Å². The highest BCUT2D eigenvalue weighted by molar-refractivity contribution is 5.71. The molecular weight excluding hydrogens is 829 g/mol. The van der Waals surface area contributed by atoms with Crippen molar-refractivity contribution in [3.63, 3.8) is 0 Å². The van der Waals surface area contributed by atoms with E-state index in [4.69, 9.17) is 14.2 Å². The molecule has 0 spiro atoms. The van der Waals surface area contributed by atoms with E-state index in [1.807, 2.05) is 0 Å². The van der Waals surface area contributed by atoms with Crippen LogP contribution in [0.25, 0.3) is 0 Å². The molecule has 1 atom stereocenters. The van der Waals surface area contributed by atoms with E-state index < -0.39 is 6.10 Å². The topological polar surface area (TPSA) is 78.9 Å². The molecule has 0 radical (unpaired) electrons. The summed E-state index contributed by atoms with van der Waals surface area (Å²) < 4.78 is 16.9. The zero-order chi connectivity index (χ0) is 48.9. The van der Waals surface area contributed by atoms with E-state index in [1.165, 1.54) is 231 Å². The molecule has 398 valence electrons. The Hall–Kier alpha value is -1.59. The van der Waals surface area contributed by atoms with E-state index in [2.05, 4.69) is 34.6 Å². The molecule has 0 aromatic heterocycles. The Kier molecular flexibility index (Phi) is 52.5. The smallest absolute Gasteiger partial charge is 0.306 e. The van der Waals surface area contributed by atoms with E-state index in [0.29, 0.717) is 19.3 Å². The van der Waals surface area contributed by atoms with Crippen molar-refractivity contribution in [2.24, 2.45) is 11.8 Å². The summed E-state index contributed by atoms with van der Waals surface area (Å²) in [5.41, 5.74) is 0. The van der Waals surface area contributed by atoms with Gasteiger partial charge in [-0.2, -0.15) is 0 Å². The summed E-state index contributed by atoms with van der Waals surface area (Å²) in [4.78, 5) is 38.2. The third-order valence-electron chi connectivity index (χ3n) is 14.0. The Bertz CT molecular complexity index is 1020. The second kappa shape index (κ2) is 53.8. The van der Waals surface area contributed by atoms with Crippen LogP contribution in [-0.4, -0.2) is 37.2 Å². The van der Waals surface area contributed by atoms with E-state index in [9.17, 15) is 14.4 Å². The van der Waals surface area contributed by atoms with E-state index >= 15 is 0 Å². The number of hydrogen-bond donors (Lipinski definition) is 0. The molecule has 0 fully saturated rings. The zero-order valence-corrected chi connectivity index (χ0v) is 46.0. The standard InChI is InChI=1S/C61H118O6/c1-6-7-8-9-10-11-12-13-14-21-26-31-36-41-46-51-59(62)65-54-58(67-61(64)53-48-43-38-33-28-23-18-16-20-25-30-35-40-45-50-57(4)5)55-66-60(63)52-47-42-37-32-27-22-17-15-19-24-29-34-39-44-49-56(2)3/h56-58H,6-55H2,1-5H3/t58-/m0/s1. The highest BCUT2D eigenvalue weighted by Crippen LogP contribution is 2.18. The number of carbonyl (C=O) groups is 3. The van der Waals surface area contributed by atoms with Gasteiger partial charge in [-0.05, 0) is 31.1 Å². The lowest BCUT2D eigenvalue weighted by Crippen LogP contribution is -2.30. The van der Waals surface area contributed by atoms with Gasteiger partial charge in [-0.3, -0.25) is 14.4 Å². The molecule has 0 N–H and O–H groups in total. The van der Waals surface area contributed by atoms with Crippen LogP contribution >= 0.6 is 0 Å². The Morgan fingerprint density at radius 3 is 0.731 bits per heavy atom. The molecule has 0 saturated carbocycles. The SMILES string of the molecule is CCCCCCCCCCCCCCCCCC(=O)OC[C@@H](COC(=O)CCCCCCCCCCCCCCCCC(C)C)OC(=O)CCCCCCCCCCCCCCCCC(C)C. The van der Waals surface area contributed by atoms with Crippen molar-refractivity contribution in [2.75, 3.05) is 13.2 Å². The average Bonchev–Trinajstić information content (AvgIpc) is 3.30. The fraction of sp³-hybridized carbons (Fsp3) is 0.951. The summed E-state index contributed by atoms with van der Waals surface area (Å²) >= 11 is 0. The van der Waals surface area contributed by atoms with Crippen LogP contribution in [0.3, 0.4) is 0 Å². The lowest BCUT2D eigenvalue weighted by Gasteiger charge is -2.18. The minimum absolute atomic E-state index is 0.0622. The van der Waals surface area contributed by atoms with Gasteiger partial charge in [0.15, 0.2) is 6.10 Å². The molecule has 0 bridgehead atoms. The second-order valence-corrected chi connectivity index (χ2v) is 21.9. The van der Waals surface area contributed by atoms with Crippen molar-refractivity contribution in [1.82, 2.24) is 0 Å². The minimum Gasteiger partial charge on any atom is -0.462 e. The summed E-state index contributed by atoms with van der Waals surface area (Å²) in [5, 5.41) is 0. The number of carbonyl (C=O) groups excluding carboxylic acids is 3. The number of ether oxygens (including phenoxy) is 3. The summed E-state index contributed by atoms with van der Waals surface area (Å²) in [6, 6.07) is 0. The van der Waals surface area contributed by atoms with Crippen molar-refractivity contribution in [1.29, 1.82) is 0 Å². The molecular formula is C61H118O6. The number of rotatable bonds is 55. The Morgan fingerprint density at radius 2 is 0.493 bits per heavy atom. The van der Waals surface area contributed by atoms with Gasteiger partial charge >= 0.3 is 17.9 Å². The fourth-order valence-corrected chi connectivity index (χ4v) is 9.40. The predicted molar refractivity (Wildman–Crippen MR) is 289 cm³/mol. The fourth-order valence-electron chi connectivity index (χ4n) is 9.40. The van der Waals surface area contributed by atoms with Crippen LogP contribution in [0, 0.1) is 11.8 Å². The van der Waals surface area contributed by atoms with Gasteiger partial charge in [0, 0.05) is 19.3 Å². The van der Waals surface area contributed by atoms with Crippen molar-refractivity contribution in [2.45, 2.75) is 349 Å². The monoisotopic (exact) mass is 947 g/mol. The number of esters is 3. The van der Waals surface area contributed by atoms with Crippen molar-refractivity contribution in [3.05, 3.63) is 0 Å². The van der Waals surface area contributed by atoms with Gasteiger partial charge < -0.3 is 14.2 Å². The lowest BCUT2D eigenvalue weighted by molar-refractivity contribution is -0.167. The molecule has 0 aliphatic heterocycles.